The minimum Gasteiger partial charge on any atom is -0.489 e. The van der Waals surface area contributed by atoms with Crippen molar-refractivity contribution in [2.75, 3.05) is 21.2 Å². The lowest BCUT2D eigenvalue weighted by Gasteiger charge is -2.36. The van der Waals surface area contributed by atoms with Crippen LogP contribution in [0.15, 0.2) is 109 Å². The number of carbonyl (C=O) groups is 4. The highest BCUT2D eigenvalue weighted by Gasteiger charge is 2.38. The Labute approximate surface area is 330 Å². The van der Waals surface area contributed by atoms with Crippen LogP contribution in [0.2, 0.25) is 0 Å². The van der Waals surface area contributed by atoms with Gasteiger partial charge in [0, 0.05) is 26.9 Å². The van der Waals surface area contributed by atoms with Gasteiger partial charge in [-0.05, 0) is 73.2 Å². The first-order valence-electron chi connectivity index (χ1n) is 18.8. The molecule has 0 aliphatic rings. The van der Waals surface area contributed by atoms with Gasteiger partial charge in [-0.3, -0.25) is 9.59 Å². The summed E-state index contributed by atoms with van der Waals surface area (Å²) in [6.45, 7) is 9.61. The Morgan fingerprint density at radius 2 is 1.04 bits per heavy atom. The standard InChI is InChI=1S/C45H55N3O8/c1-31(2)40(46-44(52)56-45(3,4)5)42(50)47(6)38(27-32-19-23-36(24-20-32)54-29-34-15-11-9-12-16-34)41(49)48(7)39(43(51)53-8)28-33-21-25-37(26-22-33)55-30-35-17-13-10-14-18-35/h9-26,31,38-40H,27-30H2,1-8H3,(H,46,52). The number of amides is 3. The van der Waals surface area contributed by atoms with Crippen molar-refractivity contribution in [3.8, 4) is 11.5 Å². The molecule has 0 heterocycles. The van der Waals surface area contributed by atoms with Gasteiger partial charge in [0.25, 0.3) is 0 Å². The summed E-state index contributed by atoms with van der Waals surface area (Å²) in [7, 11) is 4.34. The van der Waals surface area contributed by atoms with E-state index in [0.717, 1.165) is 22.3 Å². The SMILES string of the molecule is COC(=O)C(Cc1ccc(OCc2ccccc2)cc1)N(C)C(=O)C(Cc1ccc(OCc2ccccc2)cc1)N(C)C(=O)C(NC(=O)OC(C)(C)C)C(C)C. The zero-order valence-electron chi connectivity index (χ0n) is 33.7. The fourth-order valence-electron chi connectivity index (χ4n) is 5.99. The maximum Gasteiger partial charge on any atom is 0.408 e. The number of nitrogens with zero attached hydrogens (tertiary/aromatic N) is 2. The molecule has 0 bridgehead atoms. The van der Waals surface area contributed by atoms with Crippen molar-refractivity contribution in [3.05, 3.63) is 131 Å². The third-order valence-corrected chi connectivity index (χ3v) is 9.20. The molecular formula is C45H55N3O8. The number of methoxy groups -OCH3 is 1. The van der Waals surface area contributed by atoms with E-state index in [-0.39, 0.29) is 18.8 Å². The molecule has 0 aromatic heterocycles. The first-order chi connectivity index (χ1) is 26.6. The lowest BCUT2D eigenvalue weighted by molar-refractivity contribution is -0.155. The number of likely N-dealkylation sites (N-methyl/N-ethyl adjacent to an activating group) is 2. The molecule has 0 saturated heterocycles. The van der Waals surface area contributed by atoms with Crippen molar-refractivity contribution in [3.63, 3.8) is 0 Å². The largest absolute Gasteiger partial charge is 0.489 e. The van der Waals surface area contributed by atoms with Gasteiger partial charge in [0.1, 0.15) is 48.4 Å². The Balaban J connectivity index is 1.57. The van der Waals surface area contributed by atoms with Crippen molar-refractivity contribution in [2.45, 2.75) is 84.4 Å². The van der Waals surface area contributed by atoms with E-state index >= 15 is 0 Å². The molecule has 3 atom stereocenters. The van der Waals surface area contributed by atoms with Crippen LogP contribution < -0.4 is 14.8 Å². The number of rotatable bonds is 17. The molecule has 0 spiro atoms. The molecule has 4 aromatic carbocycles. The second-order valence-electron chi connectivity index (χ2n) is 15.1. The van der Waals surface area contributed by atoms with Crippen LogP contribution in [0.25, 0.3) is 0 Å². The van der Waals surface area contributed by atoms with E-state index in [2.05, 4.69) is 5.32 Å². The summed E-state index contributed by atoms with van der Waals surface area (Å²) in [5.41, 5.74) is 2.81. The molecule has 3 unspecified atom stereocenters. The molecule has 56 heavy (non-hydrogen) atoms. The topological polar surface area (TPSA) is 124 Å². The second-order valence-corrected chi connectivity index (χ2v) is 15.1. The smallest absolute Gasteiger partial charge is 0.408 e. The summed E-state index contributed by atoms with van der Waals surface area (Å²) in [4.78, 5) is 57.6. The highest BCUT2D eigenvalue weighted by molar-refractivity contribution is 5.93. The van der Waals surface area contributed by atoms with E-state index in [1.54, 1.807) is 34.6 Å². The Kier molecular flexibility index (Phi) is 15.5. The number of hydrogen-bond donors (Lipinski definition) is 1. The van der Waals surface area contributed by atoms with E-state index in [1.165, 1.54) is 31.0 Å². The first-order valence-corrected chi connectivity index (χ1v) is 18.8. The lowest BCUT2D eigenvalue weighted by Crippen LogP contribution is -2.58. The second kappa shape index (κ2) is 20.2. The van der Waals surface area contributed by atoms with Crippen LogP contribution in [0, 0.1) is 5.92 Å². The van der Waals surface area contributed by atoms with E-state index in [1.807, 2.05) is 109 Å². The normalized spacial score (nSPS) is 12.8. The van der Waals surface area contributed by atoms with Crippen LogP contribution in [0.5, 0.6) is 11.5 Å². The average molecular weight is 766 g/mol. The summed E-state index contributed by atoms with van der Waals surface area (Å²) >= 11 is 0. The summed E-state index contributed by atoms with van der Waals surface area (Å²) in [5.74, 6) is -0.609. The third kappa shape index (κ3) is 12.9. The molecule has 11 heteroatoms. The number of benzene rings is 4. The molecule has 4 rings (SSSR count). The van der Waals surface area contributed by atoms with E-state index in [0.29, 0.717) is 24.7 Å². The van der Waals surface area contributed by atoms with Crippen molar-refractivity contribution in [1.29, 1.82) is 0 Å². The zero-order chi connectivity index (χ0) is 40.8. The van der Waals surface area contributed by atoms with Crippen molar-refractivity contribution < 1.29 is 38.1 Å². The van der Waals surface area contributed by atoms with Crippen LogP contribution in [-0.2, 0) is 49.9 Å². The number of alkyl carbamates (subject to hydrolysis) is 1. The molecule has 4 aromatic rings. The number of esters is 1. The lowest BCUT2D eigenvalue weighted by atomic mass is 9.98. The Hall–Kier alpha value is -5.84. The molecule has 11 nitrogen and oxygen atoms in total. The van der Waals surface area contributed by atoms with E-state index < -0.39 is 47.6 Å². The Bertz CT molecular complexity index is 1860. The van der Waals surface area contributed by atoms with Crippen LogP contribution >= 0.6 is 0 Å². The number of ether oxygens (including phenoxy) is 4. The maximum atomic E-state index is 14.6. The average Bonchev–Trinajstić information content (AvgIpc) is 3.19. The van der Waals surface area contributed by atoms with Crippen LogP contribution in [0.4, 0.5) is 4.79 Å². The number of hydrogen-bond acceptors (Lipinski definition) is 8. The fourth-order valence-corrected chi connectivity index (χ4v) is 5.99. The quantitative estimate of drug-likeness (QED) is 0.114. The summed E-state index contributed by atoms with van der Waals surface area (Å²) in [5, 5.41) is 2.70. The summed E-state index contributed by atoms with van der Waals surface area (Å²) < 4.78 is 22.5. The van der Waals surface area contributed by atoms with Crippen molar-refractivity contribution in [2.24, 2.45) is 5.92 Å². The van der Waals surface area contributed by atoms with Crippen LogP contribution in [0.1, 0.15) is 56.9 Å². The molecule has 3 amide bonds. The van der Waals surface area contributed by atoms with Gasteiger partial charge in [-0.2, -0.15) is 0 Å². The minimum absolute atomic E-state index is 0.114. The van der Waals surface area contributed by atoms with Gasteiger partial charge in [0.15, 0.2) is 0 Å². The molecule has 0 radical (unpaired) electrons. The molecule has 0 aliphatic heterocycles. The molecule has 0 saturated carbocycles. The highest BCUT2D eigenvalue weighted by atomic mass is 16.6. The van der Waals surface area contributed by atoms with Gasteiger partial charge in [-0.1, -0.05) is 98.8 Å². The maximum absolute atomic E-state index is 14.6. The summed E-state index contributed by atoms with van der Waals surface area (Å²) in [6, 6.07) is 31.2. The third-order valence-electron chi connectivity index (χ3n) is 9.20. The van der Waals surface area contributed by atoms with Gasteiger partial charge in [0.05, 0.1) is 7.11 Å². The monoisotopic (exact) mass is 765 g/mol. The van der Waals surface area contributed by atoms with Gasteiger partial charge in [-0.15, -0.1) is 0 Å². The predicted octanol–water partition coefficient (Wildman–Crippen LogP) is 7.01. The number of nitrogens with one attached hydrogen (secondary N) is 1. The minimum atomic E-state index is -1.06. The van der Waals surface area contributed by atoms with E-state index in [4.69, 9.17) is 18.9 Å². The molecule has 0 aliphatic carbocycles. The fraction of sp³-hybridized carbons (Fsp3) is 0.378. The Morgan fingerprint density at radius 1 is 0.607 bits per heavy atom. The van der Waals surface area contributed by atoms with Gasteiger partial charge < -0.3 is 34.1 Å². The molecular weight excluding hydrogens is 711 g/mol. The predicted molar refractivity (Wildman–Crippen MR) is 215 cm³/mol. The van der Waals surface area contributed by atoms with Gasteiger partial charge in [0.2, 0.25) is 11.8 Å². The highest BCUT2D eigenvalue weighted by Crippen LogP contribution is 2.22. The summed E-state index contributed by atoms with van der Waals surface area (Å²) in [6.07, 6.45) is -0.477. The zero-order valence-corrected chi connectivity index (χ0v) is 33.7. The van der Waals surface area contributed by atoms with Crippen molar-refractivity contribution >= 4 is 23.9 Å². The Morgan fingerprint density at radius 3 is 1.45 bits per heavy atom. The molecule has 298 valence electrons. The molecule has 1 N–H and O–H groups in total. The first kappa shape index (κ1) is 42.9. The van der Waals surface area contributed by atoms with Gasteiger partial charge >= 0.3 is 12.1 Å². The van der Waals surface area contributed by atoms with E-state index in [9.17, 15) is 19.2 Å². The van der Waals surface area contributed by atoms with Gasteiger partial charge in [-0.25, -0.2) is 9.59 Å². The van der Waals surface area contributed by atoms with Crippen LogP contribution in [-0.4, -0.2) is 78.6 Å². The van der Waals surface area contributed by atoms with Crippen LogP contribution in [0.3, 0.4) is 0 Å². The molecule has 0 fully saturated rings. The number of carbonyl (C=O) groups excluding carboxylic acids is 4. The van der Waals surface area contributed by atoms with Crippen molar-refractivity contribution in [1.82, 2.24) is 15.1 Å².